The molecule has 0 aliphatic rings. The molecule has 1 atom stereocenters. The van der Waals surface area contributed by atoms with Gasteiger partial charge in [0.05, 0.1) is 6.17 Å². The normalized spacial score (nSPS) is 12.1. The molecule has 0 radical (unpaired) electrons. The van der Waals surface area contributed by atoms with Gasteiger partial charge >= 0.3 is 0 Å². The maximum Gasteiger partial charge on any atom is 0.246 e. The molecule has 1 unspecified atom stereocenters. The average molecular weight is 311 g/mol. The zero-order valence-electron chi connectivity index (χ0n) is 15.2. The van der Waals surface area contributed by atoms with Gasteiger partial charge in [-0.3, -0.25) is 10.1 Å². The van der Waals surface area contributed by atoms with Crippen molar-refractivity contribution in [2.75, 3.05) is 13.6 Å². The van der Waals surface area contributed by atoms with Gasteiger partial charge in [0.15, 0.2) is 0 Å². The van der Waals surface area contributed by atoms with Crippen LogP contribution in [0.15, 0.2) is 12.7 Å². The first-order valence-corrected chi connectivity index (χ1v) is 9.29. The van der Waals surface area contributed by atoms with E-state index < -0.39 is 0 Å². The minimum Gasteiger partial charge on any atom is -0.327 e. The van der Waals surface area contributed by atoms with Crippen molar-refractivity contribution in [3.05, 3.63) is 12.7 Å². The molecular formula is C19H38N2O. The molecule has 0 saturated heterocycles. The second kappa shape index (κ2) is 15.1. The van der Waals surface area contributed by atoms with Crippen molar-refractivity contribution in [2.45, 2.75) is 90.6 Å². The van der Waals surface area contributed by atoms with Gasteiger partial charge < -0.3 is 4.90 Å². The lowest BCUT2D eigenvalue weighted by Gasteiger charge is -2.27. The Bertz CT molecular complexity index is 279. The number of nitrogens with one attached hydrogen (secondary N) is 1. The molecule has 3 heteroatoms. The van der Waals surface area contributed by atoms with E-state index in [4.69, 9.17) is 0 Å². The van der Waals surface area contributed by atoms with Gasteiger partial charge in [0.2, 0.25) is 5.91 Å². The van der Waals surface area contributed by atoms with Gasteiger partial charge in [-0.05, 0) is 25.5 Å². The van der Waals surface area contributed by atoms with Crippen LogP contribution in [0, 0.1) is 0 Å². The Hall–Kier alpha value is -0.830. The van der Waals surface area contributed by atoms with E-state index in [1.165, 1.54) is 70.3 Å². The largest absolute Gasteiger partial charge is 0.327 e. The highest BCUT2D eigenvalue weighted by atomic mass is 16.2. The molecule has 1 amide bonds. The van der Waals surface area contributed by atoms with Gasteiger partial charge in [0.1, 0.15) is 0 Å². The second-order valence-corrected chi connectivity index (χ2v) is 6.21. The molecule has 0 aromatic carbocycles. The van der Waals surface area contributed by atoms with Crippen molar-refractivity contribution in [1.82, 2.24) is 10.2 Å². The molecule has 0 heterocycles. The number of nitrogens with zero attached hydrogens (tertiary/aromatic N) is 1. The lowest BCUT2D eigenvalue weighted by Crippen LogP contribution is -2.45. The first kappa shape index (κ1) is 21.2. The maximum atomic E-state index is 11.6. The first-order valence-electron chi connectivity index (χ1n) is 9.29. The standard InChI is InChI=1S/C19H38N2O/c1-5-8-9-10-11-12-13-14-15-16-17-20-18(6-2)21(4)19(22)7-3/h7,18,20H,3,5-6,8-17H2,1-2,4H3. The Morgan fingerprint density at radius 3 is 1.95 bits per heavy atom. The van der Waals surface area contributed by atoms with Crippen LogP contribution >= 0.6 is 0 Å². The summed E-state index contributed by atoms with van der Waals surface area (Å²) in [6.07, 6.45) is 16.0. The number of hydrogen-bond donors (Lipinski definition) is 1. The molecule has 0 saturated carbocycles. The molecule has 0 aliphatic heterocycles. The third-order valence-electron chi connectivity index (χ3n) is 4.29. The average Bonchev–Trinajstić information content (AvgIpc) is 2.54. The minimum atomic E-state index is -0.0116. The minimum absolute atomic E-state index is 0.0116. The van der Waals surface area contributed by atoms with E-state index in [1.54, 1.807) is 4.90 Å². The van der Waals surface area contributed by atoms with Crippen LogP contribution in [0.2, 0.25) is 0 Å². The summed E-state index contributed by atoms with van der Waals surface area (Å²) in [5.41, 5.74) is 0. The van der Waals surface area contributed by atoms with Crippen LogP contribution in [0.3, 0.4) is 0 Å². The van der Waals surface area contributed by atoms with E-state index in [0.29, 0.717) is 0 Å². The van der Waals surface area contributed by atoms with E-state index in [-0.39, 0.29) is 12.1 Å². The first-order chi connectivity index (χ1) is 10.7. The molecule has 22 heavy (non-hydrogen) atoms. The van der Waals surface area contributed by atoms with E-state index >= 15 is 0 Å². The molecule has 0 spiro atoms. The van der Waals surface area contributed by atoms with Crippen LogP contribution in [0.5, 0.6) is 0 Å². The number of carbonyl (C=O) groups is 1. The molecule has 0 aromatic heterocycles. The van der Waals surface area contributed by atoms with Crippen molar-refractivity contribution < 1.29 is 4.79 Å². The highest BCUT2D eigenvalue weighted by molar-refractivity contribution is 5.86. The van der Waals surface area contributed by atoms with Gasteiger partial charge in [-0.1, -0.05) is 78.2 Å². The Morgan fingerprint density at radius 1 is 1.00 bits per heavy atom. The molecule has 0 fully saturated rings. The third kappa shape index (κ3) is 10.8. The summed E-state index contributed by atoms with van der Waals surface area (Å²) < 4.78 is 0. The Kier molecular flexibility index (Phi) is 14.5. The highest BCUT2D eigenvalue weighted by Gasteiger charge is 2.14. The smallest absolute Gasteiger partial charge is 0.246 e. The number of carbonyl (C=O) groups excluding carboxylic acids is 1. The van der Waals surface area contributed by atoms with Gasteiger partial charge in [-0.25, -0.2) is 0 Å². The zero-order chi connectivity index (χ0) is 16.6. The van der Waals surface area contributed by atoms with Crippen LogP contribution in [0.1, 0.15) is 84.5 Å². The number of unbranched alkanes of at least 4 members (excludes halogenated alkanes) is 9. The Labute approximate surface area is 138 Å². The van der Waals surface area contributed by atoms with Gasteiger partial charge in [0.25, 0.3) is 0 Å². The predicted molar refractivity (Wildman–Crippen MR) is 96.9 cm³/mol. The van der Waals surface area contributed by atoms with Crippen LogP contribution in [-0.2, 0) is 4.79 Å². The summed E-state index contributed by atoms with van der Waals surface area (Å²) in [4.78, 5) is 13.3. The van der Waals surface area contributed by atoms with Crippen molar-refractivity contribution in [3.63, 3.8) is 0 Å². The number of amides is 1. The van der Waals surface area contributed by atoms with E-state index in [2.05, 4.69) is 25.7 Å². The molecule has 0 rings (SSSR count). The fourth-order valence-electron chi connectivity index (χ4n) is 2.73. The fraction of sp³-hybridized carbons (Fsp3) is 0.842. The summed E-state index contributed by atoms with van der Waals surface area (Å²) in [6, 6.07) is 0. The Balaban J connectivity index is 3.47. The summed E-state index contributed by atoms with van der Waals surface area (Å²) in [6.45, 7) is 8.90. The Morgan fingerprint density at radius 2 is 1.50 bits per heavy atom. The lowest BCUT2D eigenvalue weighted by atomic mass is 10.1. The zero-order valence-corrected chi connectivity index (χ0v) is 15.2. The van der Waals surface area contributed by atoms with Crippen molar-refractivity contribution in [3.8, 4) is 0 Å². The SMILES string of the molecule is C=CC(=O)N(C)C(CC)NCCCCCCCCCCCC. The number of hydrogen-bond acceptors (Lipinski definition) is 2. The van der Waals surface area contributed by atoms with Gasteiger partial charge in [-0.15, -0.1) is 0 Å². The van der Waals surface area contributed by atoms with Crippen LogP contribution in [-0.4, -0.2) is 30.6 Å². The number of rotatable bonds is 15. The summed E-state index contributed by atoms with van der Waals surface area (Å²) in [5.74, 6) is -0.0116. The van der Waals surface area contributed by atoms with Gasteiger partial charge in [-0.2, -0.15) is 0 Å². The van der Waals surface area contributed by atoms with E-state index in [9.17, 15) is 4.79 Å². The molecule has 0 bridgehead atoms. The lowest BCUT2D eigenvalue weighted by molar-refractivity contribution is -0.127. The van der Waals surface area contributed by atoms with Crippen molar-refractivity contribution in [1.29, 1.82) is 0 Å². The van der Waals surface area contributed by atoms with Gasteiger partial charge in [0, 0.05) is 7.05 Å². The maximum absolute atomic E-state index is 11.6. The molecule has 130 valence electrons. The number of likely N-dealkylation sites (N-methyl/N-ethyl adjacent to an activating group) is 1. The fourth-order valence-corrected chi connectivity index (χ4v) is 2.73. The summed E-state index contributed by atoms with van der Waals surface area (Å²) in [5, 5.41) is 3.47. The third-order valence-corrected chi connectivity index (χ3v) is 4.29. The van der Waals surface area contributed by atoms with E-state index in [0.717, 1.165) is 13.0 Å². The molecule has 0 aromatic rings. The molecule has 1 N–H and O–H groups in total. The van der Waals surface area contributed by atoms with Crippen LogP contribution in [0.4, 0.5) is 0 Å². The quantitative estimate of drug-likeness (QED) is 0.266. The molecular weight excluding hydrogens is 272 g/mol. The van der Waals surface area contributed by atoms with Crippen molar-refractivity contribution in [2.24, 2.45) is 0 Å². The summed E-state index contributed by atoms with van der Waals surface area (Å²) >= 11 is 0. The summed E-state index contributed by atoms with van der Waals surface area (Å²) in [7, 11) is 1.84. The molecule has 0 aliphatic carbocycles. The molecule has 3 nitrogen and oxygen atoms in total. The second-order valence-electron chi connectivity index (χ2n) is 6.21. The highest BCUT2D eigenvalue weighted by Crippen LogP contribution is 2.10. The van der Waals surface area contributed by atoms with E-state index in [1.807, 2.05) is 7.05 Å². The van der Waals surface area contributed by atoms with Crippen LogP contribution in [0.25, 0.3) is 0 Å². The van der Waals surface area contributed by atoms with Crippen LogP contribution < -0.4 is 5.32 Å². The predicted octanol–water partition coefficient (Wildman–Crippen LogP) is 4.88. The topological polar surface area (TPSA) is 32.3 Å². The monoisotopic (exact) mass is 310 g/mol. The van der Waals surface area contributed by atoms with Crippen molar-refractivity contribution >= 4 is 5.91 Å².